The predicted molar refractivity (Wildman–Crippen MR) is 64.0 cm³/mol. The molecule has 4 heteroatoms. The topological polar surface area (TPSA) is 49.8 Å². The molecule has 0 saturated carbocycles. The molecule has 0 spiro atoms. The van der Waals surface area contributed by atoms with Gasteiger partial charge in [-0.25, -0.2) is 4.79 Å². The summed E-state index contributed by atoms with van der Waals surface area (Å²) >= 11 is 0. The minimum atomic E-state index is -0.106. The average molecular weight is 217 g/mol. The summed E-state index contributed by atoms with van der Waals surface area (Å²) in [6.45, 7) is 0.936. The van der Waals surface area contributed by atoms with Gasteiger partial charge in [0, 0.05) is 12.4 Å². The number of hydrogen-bond acceptors (Lipinski definition) is 2. The number of aromatic nitrogens is 2. The van der Waals surface area contributed by atoms with Crippen LogP contribution in [0.5, 0.6) is 0 Å². The highest BCUT2D eigenvalue weighted by atomic mass is 16.1. The molecule has 0 aliphatic carbocycles. The largest absolute Gasteiger partial charge is 0.330 e. The third kappa shape index (κ3) is 2.23. The Balaban J connectivity index is 2.29. The second kappa shape index (κ2) is 4.81. The molecule has 16 heavy (non-hydrogen) atoms. The minimum absolute atomic E-state index is 0.106. The number of nitrogens with one attached hydrogen (secondary N) is 2. The molecule has 0 saturated heterocycles. The van der Waals surface area contributed by atoms with Crippen LogP contribution in [-0.4, -0.2) is 23.1 Å². The molecule has 0 amide bonds. The van der Waals surface area contributed by atoms with Gasteiger partial charge in [0.05, 0.1) is 5.69 Å². The van der Waals surface area contributed by atoms with Crippen LogP contribution in [0.25, 0.3) is 5.69 Å². The first-order valence-electron chi connectivity index (χ1n) is 5.31. The Bertz CT molecular complexity index is 513. The van der Waals surface area contributed by atoms with Gasteiger partial charge in [0.1, 0.15) is 0 Å². The molecule has 84 valence electrons. The Kier molecular flexibility index (Phi) is 3.22. The lowest BCUT2D eigenvalue weighted by molar-refractivity contribution is 0.790. The number of benzene rings is 1. The molecule has 0 fully saturated rings. The van der Waals surface area contributed by atoms with Crippen molar-refractivity contribution in [1.82, 2.24) is 14.9 Å². The van der Waals surface area contributed by atoms with Crippen LogP contribution < -0.4 is 11.0 Å². The first-order valence-corrected chi connectivity index (χ1v) is 5.31. The molecule has 0 aliphatic rings. The number of hydrogen-bond donors (Lipinski definition) is 2. The van der Waals surface area contributed by atoms with E-state index in [2.05, 4.69) is 16.4 Å². The van der Waals surface area contributed by atoms with Gasteiger partial charge in [0.15, 0.2) is 0 Å². The van der Waals surface area contributed by atoms with E-state index in [1.807, 2.05) is 25.2 Å². The second-order valence-corrected chi connectivity index (χ2v) is 3.66. The molecule has 1 heterocycles. The third-order valence-electron chi connectivity index (χ3n) is 2.50. The van der Waals surface area contributed by atoms with Gasteiger partial charge in [0.25, 0.3) is 0 Å². The van der Waals surface area contributed by atoms with Crippen molar-refractivity contribution in [2.45, 2.75) is 6.42 Å². The van der Waals surface area contributed by atoms with Crippen LogP contribution in [0.3, 0.4) is 0 Å². The molecule has 0 unspecified atom stereocenters. The molecule has 1 aromatic heterocycles. The van der Waals surface area contributed by atoms with Crippen molar-refractivity contribution < 1.29 is 0 Å². The fourth-order valence-electron chi connectivity index (χ4n) is 1.65. The van der Waals surface area contributed by atoms with Crippen LogP contribution in [0.15, 0.2) is 41.5 Å². The number of likely N-dealkylation sites (N-methyl/N-ethyl adjacent to an activating group) is 1. The van der Waals surface area contributed by atoms with Crippen LogP contribution in [0.4, 0.5) is 0 Å². The molecule has 0 aliphatic heterocycles. The Morgan fingerprint density at radius 3 is 3.00 bits per heavy atom. The van der Waals surface area contributed by atoms with E-state index in [0.717, 1.165) is 18.7 Å². The van der Waals surface area contributed by atoms with E-state index < -0.39 is 0 Å². The molecule has 0 radical (unpaired) electrons. The van der Waals surface area contributed by atoms with Gasteiger partial charge in [-0.2, -0.15) is 0 Å². The maximum atomic E-state index is 11.4. The van der Waals surface area contributed by atoms with Crippen molar-refractivity contribution >= 4 is 0 Å². The lowest BCUT2D eigenvalue weighted by Gasteiger charge is -2.05. The van der Waals surface area contributed by atoms with Gasteiger partial charge in [-0.05, 0) is 37.7 Å². The van der Waals surface area contributed by atoms with Crippen LogP contribution in [0, 0.1) is 0 Å². The van der Waals surface area contributed by atoms with E-state index in [-0.39, 0.29) is 5.69 Å². The van der Waals surface area contributed by atoms with E-state index in [1.54, 1.807) is 17.0 Å². The molecule has 1 aromatic carbocycles. The highest BCUT2D eigenvalue weighted by Gasteiger charge is 2.00. The maximum Gasteiger partial charge on any atom is 0.330 e. The Hall–Kier alpha value is -1.81. The number of rotatable bonds is 4. The zero-order valence-corrected chi connectivity index (χ0v) is 9.23. The van der Waals surface area contributed by atoms with Crippen molar-refractivity contribution in [2.75, 3.05) is 13.6 Å². The lowest BCUT2D eigenvalue weighted by atomic mass is 10.1. The normalized spacial score (nSPS) is 10.6. The van der Waals surface area contributed by atoms with E-state index in [0.29, 0.717) is 0 Å². The Labute approximate surface area is 93.9 Å². The first kappa shape index (κ1) is 10.7. The summed E-state index contributed by atoms with van der Waals surface area (Å²) < 4.78 is 1.60. The molecule has 2 aromatic rings. The van der Waals surface area contributed by atoms with Gasteiger partial charge in [-0.1, -0.05) is 12.1 Å². The monoisotopic (exact) mass is 217 g/mol. The standard InChI is InChI=1S/C12H15N3O/c1-13-6-5-10-3-2-4-11(9-10)15-8-7-14-12(15)16/h2-4,7-9,13H,5-6H2,1H3,(H,14,16). The summed E-state index contributed by atoms with van der Waals surface area (Å²) in [4.78, 5) is 14.1. The zero-order valence-electron chi connectivity index (χ0n) is 9.23. The molecule has 0 atom stereocenters. The van der Waals surface area contributed by atoms with Crippen molar-refractivity contribution in [3.8, 4) is 5.69 Å². The molecule has 2 rings (SSSR count). The third-order valence-corrected chi connectivity index (χ3v) is 2.50. The highest BCUT2D eigenvalue weighted by Crippen LogP contribution is 2.08. The van der Waals surface area contributed by atoms with Gasteiger partial charge in [0.2, 0.25) is 0 Å². The maximum absolute atomic E-state index is 11.4. The summed E-state index contributed by atoms with van der Waals surface area (Å²) in [6, 6.07) is 8.00. The van der Waals surface area contributed by atoms with E-state index in [9.17, 15) is 4.79 Å². The highest BCUT2D eigenvalue weighted by molar-refractivity contribution is 5.35. The van der Waals surface area contributed by atoms with Crippen molar-refractivity contribution in [3.63, 3.8) is 0 Å². The fraction of sp³-hybridized carbons (Fsp3) is 0.250. The summed E-state index contributed by atoms with van der Waals surface area (Å²) in [5, 5.41) is 3.11. The summed E-state index contributed by atoms with van der Waals surface area (Å²) in [6.07, 6.45) is 4.34. The van der Waals surface area contributed by atoms with Gasteiger partial charge in [-0.15, -0.1) is 0 Å². The number of imidazole rings is 1. The first-order chi connectivity index (χ1) is 7.81. The molecule has 2 N–H and O–H groups in total. The SMILES string of the molecule is CNCCc1cccc(-n2cc[nH]c2=O)c1. The number of H-pyrrole nitrogens is 1. The van der Waals surface area contributed by atoms with E-state index in [4.69, 9.17) is 0 Å². The van der Waals surface area contributed by atoms with Crippen LogP contribution in [0.2, 0.25) is 0 Å². The molecular formula is C12H15N3O. The lowest BCUT2D eigenvalue weighted by Crippen LogP contribution is -2.14. The smallest absolute Gasteiger partial charge is 0.319 e. The average Bonchev–Trinajstić information content (AvgIpc) is 2.73. The van der Waals surface area contributed by atoms with Gasteiger partial charge in [-0.3, -0.25) is 4.57 Å². The number of aromatic amines is 1. The summed E-state index contributed by atoms with van der Waals surface area (Å²) in [7, 11) is 1.93. The van der Waals surface area contributed by atoms with Crippen molar-refractivity contribution in [3.05, 3.63) is 52.7 Å². The Morgan fingerprint density at radius 2 is 2.31 bits per heavy atom. The van der Waals surface area contributed by atoms with Crippen LogP contribution >= 0.6 is 0 Å². The van der Waals surface area contributed by atoms with Gasteiger partial charge < -0.3 is 10.3 Å². The second-order valence-electron chi connectivity index (χ2n) is 3.66. The number of nitrogens with zero attached hydrogens (tertiary/aromatic N) is 1. The van der Waals surface area contributed by atoms with Crippen molar-refractivity contribution in [2.24, 2.45) is 0 Å². The molecular weight excluding hydrogens is 202 g/mol. The molecule has 4 nitrogen and oxygen atoms in total. The van der Waals surface area contributed by atoms with Crippen LogP contribution in [0.1, 0.15) is 5.56 Å². The fourth-order valence-corrected chi connectivity index (χ4v) is 1.65. The van der Waals surface area contributed by atoms with Gasteiger partial charge >= 0.3 is 5.69 Å². The minimum Gasteiger partial charge on any atom is -0.319 e. The predicted octanol–water partition coefficient (Wildman–Crippen LogP) is 0.927. The zero-order chi connectivity index (χ0) is 11.4. The summed E-state index contributed by atoms with van der Waals surface area (Å²) in [5.41, 5.74) is 2.02. The summed E-state index contributed by atoms with van der Waals surface area (Å²) in [5.74, 6) is 0. The quantitative estimate of drug-likeness (QED) is 0.800. The molecule has 0 bridgehead atoms. The van der Waals surface area contributed by atoms with Crippen LogP contribution in [-0.2, 0) is 6.42 Å². The Morgan fingerprint density at radius 1 is 1.44 bits per heavy atom. The van der Waals surface area contributed by atoms with E-state index in [1.165, 1.54) is 5.56 Å². The van der Waals surface area contributed by atoms with E-state index >= 15 is 0 Å². The van der Waals surface area contributed by atoms with Crippen molar-refractivity contribution in [1.29, 1.82) is 0 Å².